The third kappa shape index (κ3) is 2.51. The van der Waals surface area contributed by atoms with E-state index in [0.717, 1.165) is 22.3 Å². The number of nitrogen functional groups attached to an aromatic ring is 1. The van der Waals surface area contributed by atoms with Crippen molar-refractivity contribution in [3.63, 3.8) is 0 Å². The van der Waals surface area contributed by atoms with Crippen molar-refractivity contribution in [1.29, 1.82) is 0 Å². The van der Waals surface area contributed by atoms with Crippen molar-refractivity contribution >= 4 is 22.7 Å². The summed E-state index contributed by atoms with van der Waals surface area (Å²) in [5, 5.41) is 8.34. The van der Waals surface area contributed by atoms with Gasteiger partial charge in [-0.25, -0.2) is 4.98 Å². The summed E-state index contributed by atoms with van der Waals surface area (Å²) in [5.41, 5.74) is 9.30. The van der Waals surface area contributed by atoms with Crippen LogP contribution in [0.15, 0.2) is 48.5 Å². The van der Waals surface area contributed by atoms with E-state index in [4.69, 9.17) is 5.73 Å². The predicted octanol–water partition coefficient (Wildman–Crippen LogP) is 2.24. The van der Waals surface area contributed by atoms with Gasteiger partial charge in [0.15, 0.2) is 0 Å². The number of rotatable bonds is 3. The van der Waals surface area contributed by atoms with Gasteiger partial charge in [0, 0.05) is 19.3 Å². The Hall–Kier alpha value is -2.69. The minimum atomic E-state index is 0.603. The largest absolute Gasteiger partial charge is 0.399 e. The average molecular weight is 265 g/mol. The van der Waals surface area contributed by atoms with E-state index < -0.39 is 0 Å². The molecular weight excluding hydrogens is 250 g/mol. The van der Waals surface area contributed by atoms with Gasteiger partial charge in [-0.05, 0) is 29.8 Å². The van der Waals surface area contributed by atoms with E-state index in [0.29, 0.717) is 12.5 Å². The fourth-order valence-electron chi connectivity index (χ4n) is 2.07. The summed E-state index contributed by atoms with van der Waals surface area (Å²) in [6.07, 6.45) is 0. The van der Waals surface area contributed by atoms with Crippen LogP contribution in [0.2, 0.25) is 0 Å². The summed E-state index contributed by atoms with van der Waals surface area (Å²) in [7, 11) is 1.94. The molecule has 0 aliphatic carbocycles. The molecule has 0 atom stereocenters. The maximum Gasteiger partial charge on any atom is 0.245 e. The van der Waals surface area contributed by atoms with E-state index in [1.807, 2.05) is 60.5 Å². The highest BCUT2D eigenvalue weighted by Crippen LogP contribution is 2.14. The quantitative estimate of drug-likeness (QED) is 0.736. The van der Waals surface area contributed by atoms with Gasteiger partial charge in [-0.15, -0.1) is 10.2 Å². The Morgan fingerprint density at radius 1 is 1.00 bits per heavy atom. The van der Waals surface area contributed by atoms with Crippen molar-refractivity contribution < 1.29 is 0 Å². The molecule has 0 amide bonds. The third-order valence-electron chi connectivity index (χ3n) is 3.06. The molecule has 2 aromatic carbocycles. The van der Waals surface area contributed by atoms with E-state index in [2.05, 4.69) is 15.2 Å². The van der Waals surface area contributed by atoms with Crippen LogP contribution >= 0.6 is 0 Å². The Labute approximate surface area is 117 Å². The van der Waals surface area contributed by atoms with Gasteiger partial charge in [-0.3, -0.25) is 0 Å². The SMILES string of the molecule is CN(Cc1cccc(N)c1)c1nnc2ccccc2n1. The predicted molar refractivity (Wildman–Crippen MR) is 80.3 cm³/mol. The van der Waals surface area contributed by atoms with Gasteiger partial charge in [0.1, 0.15) is 5.52 Å². The first kappa shape index (κ1) is 12.3. The van der Waals surface area contributed by atoms with Crippen molar-refractivity contribution in [2.24, 2.45) is 0 Å². The maximum atomic E-state index is 5.79. The van der Waals surface area contributed by atoms with Crippen LogP contribution in [0.25, 0.3) is 11.0 Å². The maximum absolute atomic E-state index is 5.79. The first-order valence-electron chi connectivity index (χ1n) is 6.37. The molecule has 1 heterocycles. The molecule has 0 bridgehead atoms. The van der Waals surface area contributed by atoms with Gasteiger partial charge in [0.05, 0.1) is 5.52 Å². The average Bonchev–Trinajstić information content (AvgIpc) is 2.47. The summed E-state index contributed by atoms with van der Waals surface area (Å²) in [6.45, 7) is 0.686. The molecule has 5 nitrogen and oxygen atoms in total. The lowest BCUT2D eigenvalue weighted by molar-refractivity contribution is 0.845. The Morgan fingerprint density at radius 3 is 2.60 bits per heavy atom. The van der Waals surface area contributed by atoms with E-state index in [9.17, 15) is 0 Å². The van der Waals surface area contributed by atoms with Crippen LogP contribution in [0.5, 0.6) is 0 Å². The number of anilines is 2. The zero-order valence-corrected chi connectivity index (χ0v) is 11.2. The number of hydrogen-bond acceptors (Lipinski definition) is 5. The number of para-hydroxylation sites is 1. The van der Waals surface area contributed by atoms with Crippen molar-refractivity contribution in [3.05, 3.63) is 54.1 Å². The summed E-state index contributed by atoms with van der Waals surface area (Å²) in [6, 6.07) is 15.5. The van der Waals surface area contributed by atoms with Crippen LogP contribution in [-0.2, 0) is 6.54 Å². The second-order valence-corrected chi connectivity index (χ2v) is 4.70. The number of hydrogen-bond donors (Lipinski definition) is 1. The van der Waals surface area contributed by atoms with Gasteiger partial charge >= 0.3 is 0 Å². The topological polar surface area (TPSA) is 67.9 Å². The Balaban J connectivity index is 1.86. The Bertz CT molecular complexity index is 741. The molecule has 2 N–H and O–H groups in total. The molecule has 0 saturated carbocycles. The zero-order chi connectivity index (χ0) is 13.9. The van der Waals surface area contributed by atoms with Crippen LogP contribution in [0, 0.1) is 0 Å². The van der Waals surface area contributed by atoms with E-state index in [1.165, 1.54) is 0 Å². The number of nitrogens with zero attached hydrogens (tertiary/aromatic N) is 4. The number of nitrogens with two attached hydrogens (primary N) is 1. The lowest BCUT2D eigenvalue weighted by atomic mass is 10.2. The molecule has 0 aliphatic heterocycles. The monoisotopic (exact) mass is 265 g/mol. The van der Waals surface area contributed by atoms with Crippen molar-refractivity contribution in [3.8, 4) is 0 Å². The Kier molecular flexibility index (Phi) is 3.16. The molecule has 0 radical (unpaired) electrons. The first-order chi connectivity index (χ1) is 9.72. The van der Waals surface area contributed by atoms with E-state index in [-0.39, 0.29) is 0 Å². The molecule has 0 unspecified atom stereocenters. The summed E-state index contributed by atoms with van der Waals surface area (Å²) < 4.78 is 0. The van der Waals surface area contributed by atoms with Crippen LogP contribution in [0.3, 0.4) is 0 Å². The fraction of sp³-hybridized carbons (Fsp3) is 0.133. The lowest BCUT2D eigenvalue weighted by Crippen LogP contribution is -2.19. The summed E-state index contributed by atoms with van der Waals surface area (Å²) in [5.74, 6) is 0.603. The molecule has 20 heavy (non-hydrogen) atoms. The molecule has 3 aromatic rings. The van der Waals surface area contributed by atoms with Gasteiger partial charge in [0.25, 0.3) is 0 Å². The number of fused-ring (bicyclic) bond motifs is 1. The Morgan fingerprint density at radius 2 is 1.80 bits per heavy atom. The standard InChI is InChI=1S/C15H15N5/c1-20(10-11-5-4-6-12(16)9-11)15-17-13-7-2-3-8-14(13)18-19-15/h2-9H,10,16H2,1H3. The summed E-state index contributed by atoms with van der Waals surface area (Å²) >= 11 is 0. The van der Waals surface area contributed by atoms with Gasteiger partial charge in [-0.2, -0.15) is 0 Å². The second-order valence-electron chi connectivity index (χ2n) is 4.70. The molecule has 0 spiro atoms. The molecule has 3 rings (SSSR count). The minimum Gasteiger partial charge on any atom is -0.399 e. The van der Waals surface area contributed by atoms with Crippen LogP contribution in [0.1, 0.15) is 5.56 Å². The van der Waals surface area contributed by atoms with Crippen LogP contribution in [0.4, 0.5) is 11.6 Å². The first-order valence-corrected chi connectivity index (χ1v) is 6.37. The van der Waals surface area contributed by atoms with Gasteiger partial charge in [0.2, 0.25) is 5.95 Å². The number of aromatic nitrogens is 3. The van der Waals surface area contributed by atoms with Crippen molar-refractivity contribution in [2.75, 3.05) is 17.7 Å². The molecule has 0 fully saturated rings. The van der Waals surface area contributed by atoms with Crippen molar-refractivity contribution in [2.45, 2.75) is 6.54 Å². The van der Waals surface area contributed by atoms with Gasteiger partial charge < -0.3 is 10.6 Å². The highest BCUT2D eigenvalue weighted by Gasteiger charge is 2.07. The molecule has 0 aliphatic rings. The zero-order valence-electron chi connectivity index (χ0n) is 11.2. The van der Waals surface area contributed by atoms with Crippen molar-refractivity contribution in [1.82, 2.24) is 15.2 Å². The minimum absolute atomic E-state index is 0.603. The van der Waals surface area contributed by atoms with E-state index >= 15 is 0 Å². The fourth-order valence-corrected chi connectivity index (χ4v) is 2.07. The molecule has 5 heteroatoms. The highest BCUT2D eigenvalue weighted by atomic mass is 15.3. The van der Waals surface area contributed by atoms with E-state index in [1.54, 1.807) is 0 Å². The highest BCUT2D eigenvalue weighted by molar-refractivity contribution is 5.74. The number of benzene rings is 2. The smallest absolute Gasteiger partial charge is 0.245 e. The van der Waals surface area contributed by atoms with Crippen LogP contribution < -0.4 is 10.6 Å². The third-order valence-corrected chi connectivity index (χ3v) is 3.06. The molecule has 0 saturated heterocycles. The molecule has 1 aromatic heterocycles. The van der Waals surface area contributed by atoms with Crippen LogP contribution in [-0.4, -0.2) is 22.2 Å². The second kappa shape index (κ2) is 5.13. The van der Waals surface area contributed by atoms with Gasteiger partial charge in [-0.1, -0.05) is 24.3 Å². The lowest BCUT2D eigenvalue weighted by Gasteiger charge is -2.16. The normalized spacial score (nSPS) is 10.7. The molecular formula is C15H15N5. The molecule has 100 valence electrons. The summed E-state index contributed by atoms with van der Waals surface area (Å²) in [4.78, 5) is 6.47.